The number of Topliss-reactive ketones (excluding diaryl/α,β-unsaturated/α-hetero) is 4. The van der Waals surface area contributed by atoms with Crippen molar-refractivity contribution in [3.63, 3.8) is 0 Å². The molecule has 16 aromatic rings. The van der Waals surface area contributed by atoms with Gasteiger partial charge in [0.2, 0.25) is 0 Å². The second kappa shape index (κ2) is 46.7. The summed E-state index contributed by atoms with van der Waals surface area (Å²) in [5.41, 5.74) is 5.59. The van der Waals surface area contributed by atoms with E-state index in [0.717, 1.165) is 183 Å². The number of likely N-dealkylation sites (N-methyl/N-ethyl adjacent to an activating group) is 1. The lowest BCUT2D eigenvalue weighted by Gasteiger charge is -2.26. The number of sulfone groups is 4. The standard InChI is InChI=1S/C27H27ClN4O6S2.C27H27ClN4O5S2.C25H21ClN4O5S2.C23H18ClN3O5S2/c28-24-7-8-25(39-24)40(36,37)17-21(33)15-18-1-4-20(5-2-18)32-26(34)22-6-3-19(16-23(22)30-27(32)35)29-9-10-31-11-13-38-14-12-31;28-24-9-10-25(38-24)39(36,37)17-21(33)15-18-3-6-20(7-4-18)32-26(34)22-8-5-19(16-23(22)30-27(32)35)29-11-14-31-12-1-2-13-31;1-29-11-10-27-23(29)16-4-7-19-20(13-16)28-25(33)30(24(19)32)17-5-2-15(3-6-17)12-18(31)14-37(34,35)22-9-8-21(26)36-22;24-20-5-6-21(33-20)34(31,32)12-16(28)9-13-1-3-15(4-2-13)27-22(29)17-10-14-7-8-25-18(14)11-19(17)26-23(27)30/h1-8,16,29H,9-15,17H2,(H,30,35);3-10,16,29H,1-2,11-15,17H2,(H,30,35);2-9,13H,10-12,14H2,1H3,(H,28,33);1-6,10-11,25H,7-9,12H2,(H,26,30). The molecule has 20 rings (SSSR count). The molecule has 0 unspecified atom stereocenters. The Morgan fingerprint density at radius 2 is 0.693 bits per heavy atom. The SMILES string of the molecule is CN1CCN=C1c1ccc2c(=O)n(-c3ccc(CC(=O)CS(=O)(=O)c4ccc(Cl)s4)cc3)c(=O)[nH]c2c1.O=C(Cc1ccc(-n2c(=O)[nH]c3cc(NCCN4CCCC4)ccc3c2=O)cc1)CS(=O)(=O)c1ccc(Cl)s1.O=C(Cc1ccc(-n2c(=O)[nH]c3cc(NCCN4CCOCC4)ccc3c2=O)cc1)CS(=O)(=O)c1ccc(Cl)s1.O=C(Cc1ccc(-n2c(=O)[nH]c3cc4c(cc3c2=O)CCN4)cc1)CS(=O)(=O)c1ccc(Cl)s1. The van der Waals surface area contributed by atoms with Crippen LogP contribution in [-0.4, -0.2) is 231 Å². The molecule has 7 N–H and O–H groups in total. The average Bonchev–Trinajstić information content (AvgIpc) is 1.25. The van der Waals surface area contributed by atoms with Gasteiger partial charge in [-0.2, -0.15) is 0 Å². The van der Waals surface area contributed by atoms with E-state index in [-0.39, 0.29) is 42.5 Å². The molecule has 48 heteroatoms. The van der Waals surface area contributed by atoms with Crippen molar-refractivity contribution in [3.8, 4) is 22.7 Å². The van der Waals surface area contributed by atoms with Gasteiger partial charge in [0.05, 0.1) is 103 Å². The first-order chi connectivity index (χ1) is 71.7. The topological polar surface area (TPSA) is 492 Å². The van der Waals surface area contributed by atoms with Gasteiger partial charge in [-0.1, -0.05) is 101 Å². The molecule has 0 atom stereocenters. The van der Waals surface area contributed by atoms with E-state index in [4.69, 9.17) is 51.1 Å². The minimum atomic E-state index is -3.77. The van der Waals surface area contributed by atoms with Crippen LogP contribution in [-0.2, 0) is 95.4 Å². The number of hydrogen-bond acceptors (Lipinski definition) is 32. The van der Waals surface area contributed by atoms with Gasteiger partial charge in [-0.15, -0.1) is 45.3 Å². The van der Waals surface area contributed by atoms with Gasteiger partial charge in [-0.25, -0.2) is 71.1 Å². The lowest BCUT2D eigenvalue weighted by atomic mass is 10.1. The summed E-state index contributed by atoms with van der Waals surface area (Å²) in [5.74, 6) is -3.64. The third kappa shape index (κ3) is 25.9. The number of nitrogens with one attached hydrogen (secondary N) is 7. The zero-order valence-corrected chi connectivity index (χ0v) is 89.2. The van der Waals surface area contributed by atoms with Crippen molar-refractivity contribution >= 4 is 221 Å². The van der Waals surface area contributed by atoms with Gasteiger partial charge in [0.15, 0.2) is 62.5 Å². The number of aromatic nitrogens is 8. The van der Waals surface area contributed by atoms with Gasteiger partial charge in [0.1, 0.15) is 45.7 Å². The van der Waals surface area contributed by atoms with Crippen LogP contribution in [0.25, 0.3) is 66.4 Å². The molecule has 4 aliphatic rings. The first-order valence-corrected chi connectivity index (χ1v) is 58.2. The number of morpholine rings is 1. The molecule has 2 fully saturated rings. The predicted octanol–water partition coefficient (Wildman–Crippen LogP) is 11.8. The minimum absolute atomic E-state index is 0.0477. The number of H-pyrrole nitrogens is 4. The Kier molecular flexibility index (Phi) is 33.6. The molecular formula is C102H93Cl4N15O21S8. The highest BCUT2D eigenvalue weighted by Crippen LogP contribution is 2.33. The zero-order valence-electron chi connectivity index (χ0n) is 79.6. The monoisotopic (exact) mass is 2260 g/mol. The predicted molar refractivity (Wildman–Crippen MR) is 587 cm³/mol. The van der Waals surface area contributed by atoms with Crippen molar-refractivity contribution in [2.45, 2.75) is 61.8 Å². The molecule has 0 spiro atoms. The number of anilines is 3. The third-order valence-electron chi connectivity index (χ3n) is 24.9. The largest absolute Gasteiger partial charge is 0.384 e. The Bertz CT molecular complexity index is 9020. The molecule has 0 amide bonds. The lowest BCUT2D eigenvalue weighted by Crippen LogP contribution is -2.39. The molecule has 8 aromatic carbocycles. The van der Waals surface area contributed by atoms with E-state index in [0.29, 0.717) is 113 Å². The number of ether oxygens (including phenoxy) is 1. The maximum absolute atomic E-state index is 13.2. The van der Waals surface area contributed by atoms with E-state index >= 15 is 0 Å². The Morgan fingerprint density at radius 1 is 0.373 bits per heavy atom. The first-order valence-electron chi connectivity index (χ1n) is 46.8. The van der Waals surface area contributed by atoms with Crippen molar-refractivity contribution in [1.82, 2.24) is 52.9 Å². The van der Waals surface area contributed by atoms with Crippen molar-refractivity contribution < 1.29 is 57.6 Å². The number of carbonyl (C=O) groups is 4. The van der Waals surface area contributed by atoms with Gasteiger partial charge in [-0.05, 0) is 218 Å². The number of benzene rings is 8. The van der Waals surface area contributed by atoms with Crippen LogP contribution >= 0.6 is 91.8 Å². The Morgan fingerprint density at radius 3 is 1.02 bits per heavy atom. The highest BCUT2D eigenvalue weighted by Gasteiger charge is 2.29. The van der Waals surface area contributed by atoms with Crippen LogP contribution in [0.15, 0.2) is 273 Å². The number of nitrogens with zero attached hydrogens (tertiary/aromatic N) is 8. The van der Waals surface area contributed by atoms with E-state index in [2.05, 4.69) is 50.7 Å². The summed E-state index contributed by atoms with van der Waals surface area (Å²) in [6, 6.07) is 56.0. The molecule has 12 heterocycles. The number of amidine groups is 1. The quantitative estimate of drug-likeness (QED) is 0.0201. The van der Waals surface area contributed by atoms with Crippen LogP contribution in [0.5, 0.6) is 0 Å². The van der Waals surface area contributed by atoms with Crippen LogP contribution in [0.1, 0.15) is 46.2 Å². The molecule has 8 aromatic heterocycles. The summed E-state index contributed by atoms with van der Waals surface area (Å²) in [6.45, 7) is 11.1. The molecule has 0 radical (unpaired) electrons. The molecule has 778 valence electrons. The van der Waals surface area contributed by atoms with Crippen molar-refractivity contribution in [1.29, 1.82) is 0 Å². The van der Waals surface area contributed by atoms with Gasteiger partial charge in [0, 0.05) is 108 Å². The molecule has 0 saturated carbocycles. The van der Waals surface area contributed by atoms with Crippen LogP contribution in [0.4, 0.5) is 17.1 Å². The van der Waals surface area contributed by atoms with Crippen LogP contribution in [0, 0.1) is 0 Å². The van der Waals surface area contributed by atoms with Crippen molar-refractivity contribution in [2.75, 3.05) is 131 Å². The zero-order chi connectivity index (χ0) is 106. The molecule has 4 aliphatic heterocycles. The number of aliphatic imine (C=N–C) groups is 1. The van der Waals surface area contributed by atoms with E-state index in [1.165, 1.54) is 61.4 Å². The highest BCUT2D eigenvalue weighted by atomic mass is 35.5. The fourth-order valence-corrected chi connectivity index (χ4v) is 28.8. The van der Waals surface area contributed by atoms with Crippen molar-refractivity contribution in [2.24, 2.45) is 4.99 Å². The fraction of sp³-hybridized carbons (Fsp3) is 0.245. The number of hydrogen-bond donors (Lipinski definition) is 7. The molecule has 0 aliphatic carbocycles. The highest BCUT2D eigenvalue weighted by molar-refractivity contribution is 7.95. The van der Waals surface area contributed by atoms with Crippen molar-refractivity contribution in [3.05, 3.63) is 346 Å². The number of aromatic amines is 4. The summed E-state index contributed by atoms with van der Waals surface area (Å²) >= 11 is 26.9. The number of thiophene rings is 4. The third-order valence-corrected chi connectivity index (χ3v) is 38.8. The summed E-state index contributed by atoms with van der Waals surface area (Å²) in [7, 11) is -13.1. The van der Waals surface area contributed by atoms with Gasteiger partial charge < -0.3 is 50.4 Å². The Hall–Kier alpha value is -13.3. The van der Waals surface area contributed by atoms with Crippen LogP contribution in [0.2, 0.25) is 17.3 Å². The number of halogens is 4. The van der Waals surface area contributed by atoms with Gasteiger partial charge in [-0.3, -0.25) is 48.2 Å². The Labute approximate surface area is 890 Å². The maximum Gasteiger partial charge on any atom is 0.333 e. The number of rotatable bonds is 33. The van der Waals surface area contributed by atoms with Crippen LogP contribution in [0.3, 0.4) is 0 Å². The second-order valence-corrected chi connectivity index (χ2v) is 51.3. The number of likely N-dealkylation sites (tertiary alicyclic amines) is 1. The molecular weight excluding hydrogens is 2170 g/mol. The summed E-state index contributed by atoms with van der Waals surface area (Å²) in [5, 5.41) is 11.4. The average molecular weight is 2260 g/mol. The second-order valence-electron chi connectivity index (χ2n) is 35.6. The van der Waals surface area contributed by atoms with Gasteiger partial charge >= 0.3 is 22.8 Å². The Balaban J connectivity index is 0.000000136. The molecule has 2 saturated heterocycles. The van der Waals surface area contributed by atoms with E-state index < -0.39 is 130 Å². The van der Waals surface area contributed by atoms with Gasteiger partial charge in [0.25, 0.3) is 22.2 Å². The first kappa shape index (κ1) is 108. The summed E-state index contributed by atoms with van der Waals surface area (Å²) < 4.78 is 110. The number of carbonyl (C=O) groups excluding carboxylic acids is 4. The van der Waals surface area contributed by atoms with E-state index in [1.807, 2.05) is 18.0 Å². The summed E-state index contributed by atoms with van der Waals surface area (Å²) in [4.78, 5) is 176. The summed E-state index contributed by atoms with van der Waals surface area (Å²) in [6.07, 6.45) is 2.87. The lowest BCUT2D eigenvalue weighted by molar-refractivity contribution is -0.116. The smallest absolute Gasteiger partial charge is 0.333 e. The maximum atomic E-state index is 13.2. The number of fused-ring (bicyclic) bond motifs is 5. The van der Waals surface area contributed by atoms with E-state index in [9.17, 15) is 91.2 Å². The molecule has 36 nitrogen and oxygen atoms in total. The molecule has 150 heavy (non-hydrogen) atoms. The van der Waals surface area contributed by atoms with E-state index in [1.54, 1.807) is 158 Å². The normalized spacial score (nSPS) is 13.9. The molecule has 0 bridgehead atoms. The minimum Gasteiger partial charge on any atom is -0.384 e. The number of ketones is 4. The fourth-order valence-electron chi connectivity index (χ4n) is 17.5. The van der Waals surface area contributed by atoms with Crippen LogP contribution < -0.4 is 60.9 Å².